The van der Waals surface area contributed by atoms with Gasteiger partial charge in [-0.2, -0.15) is 0 Å². The molecule has 0 unspecified atom stereocenters. The van der Waals surface area contributed by atoms with Gasteiger partial charge in [0.05, 0.1) is 5.03 Å². The van der Waals surface area contributed by atoms with Crippen LogP contribution >= 0.6 is 27.5 Å². The zero-order valence-corrected chi connectivity index (χ0v) is 13.1. The topological polar surface area (TPSA) is 49.4 Å². The summed E-state index contributed by atoms with van der Waals surface area (Å²) < 4.78 is 0.799. The molecule has 0 radical (unpaired) electrons. The average molecular weight is 348 g/mol. The van der Waals surface area contributed by atoms with Crippen molar-refractivity contribution < 1.29 is 9.59 Å². The van der Waals surface area contributed by atoms with Gasteiger partial charge in [-0.05, 0) is 43.2 Å². The van der Waals surface area contributed by atoms with E-state index in [2.05, 4.69) is 21.2 Å². The van der Waals surface area contributed by atoms with Crippen LogP contribution in [0, 0.1) is 0 Å². The molecule has 1 heterocycles. The van der Waals surface area contributed by atoms with Gasteiger partial charge < -0.3 is 5.32 Å². The average Bonchev–Trinajstić information content (AvgIpc) is 2.61. The number of nitrogens with zero attached hydrogens (tertiary/aromatic N) is 1. The molecule has 104 valence electrons. The van der Waals surface area contributed by atoms with Gasteiger partial charge in [-0.1, -0.05) is 34.0 Å². The standard InChI is InChI=1S/C13H16BrClN2O2/c1-9(14)7-10(15)11-12(19)16-13(17(11)8-18)5-3-2-4-6-13/h7-8H,2-6H2,1H3,(H,16,19)/b9-7+,11-10+. The first-order valence-electron chi connectivity index (χ1n) is 6.31. The molecule has 1 aliphatic carbocycles. The quantitative estimate of drug-likeness (QED) is 0.617. The van der Waals surface area contributed by atoms with E-state index in [1.807, 2.05) is 6.92 Å². The fourth-order valence-electron chi connectivity index (χ4n) is 2.78. The Morgan fingerprint density at radius 3 is 2.58 bits per heavy atom. The molecule has 0 aromatic heterocycles. The largest absolute Gasteiger partial charge is 0.327 e. The van der Waals surface area contributed by atoms with Gasteiger partial charge in [0, 0.05) is 0 Å². The summed E-state index contributed by atoms with van der Waals surface area (Å²) in [5.74, 6) is -0.274. The smallest absolute Gasteiger partial charge is 0.271 e. The van der Waals surface area contributed by atoms with Crippen molar-refractivity contribution in [3.63, 3.8) is 0 Å². The Morgan fingerprint density at radius 1 is 1.42 bits per heavy atom. The predicted octanol–water partition coefficient (Wildman–Crippen LogP) is 2.98. The molecule has 2 aliphatic rings. The summed E-state index contributed by atoms with van der Waals surface area (Å²) in [7, 11) is 0. The molecule has 0 aromatic carbocycles. The number of hydrogen-bond acceptors (Lipinski definition) is 2. The van der Waals surface area contributed by atoms with Crippen molar-refractivity contribution in [1.29, 1.82) is 0 Å². The van der Waals surface area contributed by atoms with Gasteiger partial charge in [0.25, 0.3) is 5.91 Å². The van der Waals surface area contributed by atoms with E-state index >= 15 is 0 Å². The van der Waals surface area contributed by atoms with Crippen LogP contribution in [0.25, 0.3) is 0 Å². The van der Waals surface area contributed by atoms with E-state index in [1.54, 1.807) is 6.08 Å². The van der Waals surface area contributed by atoms with E-state index in [9.17, 15) is 9.59 Å². The SMILES string of the molecule is C/C(Br)=C\C(Cl)=C1\C(=O)NC2(CCCCC2)N1C=O. The van der Waals surface area contributed by atoms with E-state index in [1.165, 1.54) is 4.90 Å². The summed E-state index contributed by atoms with van der Waals surface area (Å²) in [6, 6.07) is 0. The Hall–Kier alpha value is -0.810. The number of rotatable bonds is 2. The van der Waals surface area contributed by atoms with Crippen molar-refractivity contribution >= 4 is 39.8 Å². The fourth-order valence-corrected chi connectivity index (χ4v) is 3.48. The summed E-state index contributed by atoms with van der Waals surface area (Å²) >= 11 is 9.44. The molecule has 1 N–H and O–H groups in total. The second-order valence-corrected chi connectivity index (χ2v) is 6.61. The molecule has 0 bridgehead atoms. The zero-order chi connectivity index (χ0) is 14.0. The number of carbonyl (C=O) groups is 2. The maximum Gasteiger partial charge on any atom is 0.271 e. The van der Waals surface area contributed by atoms with Gasteiger partial charge in [0.15, 0.2) is 0 Å². The van der Waals surface area contributed by atoms with Gasteiger partial charge in [-0.15, -0.1) is 0 Å². The van der Waals surface area contributed by atoms with Crippen LogP contribution in [0.1, 0.15) is 39.0 Å². The molecular weight excluding hydrogens is 332 g/mol. The van der Waals surface area contributed by atoms with Crippen LogP contribution in [-0.4, -0.2) is 22.9 Å². The van der Waals surface area contributed by atoms with Crippen molar-refractivity contribution in [2.24, 2.45) is 0 Å². The summed E-state index contributed by atoms with van der Waals surface area (Å²) in [5.41, 5.74) is -0.321. The van der Waals surface area contributed by atoms with Crippen LogP contribution in [0.3, 0.4) is 0 Å². The van der Waals surface area contributed by atoms with Crippen LogP contribution in [-0.2, 0) is 9.59 Å². The molecule has 2 rings (SSSR count). The molecule has 1 saturated heterocycles. The lowest BCUT2D eigenvalue weighted by Crippen LogP contribution is -2.52. The molecule has 6 heteroatoms. The van der Waals surface area contributed by atoms with Gasteiger partial charge in [-0.25, -0.2) is 0 Å². The predicted molar refractivity (Wildman–Crippen MR) is 77.4 cm³/mol. The number of amides is 2. The van der Waals surface area contributed by atoms with E-state index in [-0.39, 0.29) is 16.6 Å². The van der Waals surface area contributed by atoms with Crippen molar-refractivity contribution in [2.75, 3.05) is 0 Å². The third-order valence-corrected chi connectivity index (χ3v) is 4.12. The number of allylic oxidation sites excluding steroid dienone is 3. The molecule has 4 nitrogen and oxygen atoms in total. The first-order valence-corrected chi connectivity index (χ1v) is 7.48. The first kappa shape index (κ1) is 14.6. The van der Waals surface area contributed by atoms with Crippen LogP contribution < -0.4 is 5.32 Å². The number of nitrogens with one attached hydrogen (secondary N) is 1. The minimum absolute atomic E-state index is 0.248. The molecule has 0 aromatic rings. The Bertz CT molecular complexity index is 463. The van der Waals surface area contributed by atoms with Crippen molar-refractivity contribution in [1.82, 2.24) is 10.2 Å². The lowest BCUT2D eigenvalue weighted by atomic mass is 9.88. The molecule has 2 amide bonds. The van der Waals surface area contributed by atoms with Crippen LogP contribution in [0.2, 0.25) is 0 Å². The van der Waals surface area contributed by atoms with E-state index in [4.69, 9.17) is 11.6 Å². The highest BCUT2D eigenvalue weighted by Gasteiger charge is 2.48. The lowest BCUT2D eigenvalue weighted by Gasteiger charge is -2.38. The number of hydrogen-bond donors (Lipinski definition) is 1. The second kappa shape index (κ2) is 5.67. The van der Waals surface area contributed by atoms with Gasteiger partial charge >= 0.3 is 0 Å². The Labute approximate surface area is 126 Å². The zero-order valence-electron chi connectivity index (χ0n) is 10.7. The second-order valence-electron chi connectivity index (χ2n) is 4.95. The van der Waals surface area contributed by atoms with E-state index in [0.717, 1.165) is 36.6 Å². The maximum absolute atomic E-state index is 12.1. The molecule has 1 spiro atoms. The van der Waals surface area contributed by atoms with Crippen LogP contribution in [0.5, 0.6) is 0 Å². The summed E-state index contributed by atoms with van der Waals surface area (Å²) in [6.07, 6.45) is 7.04. The van der Waals surface area contributed by atoms with E-state index in [0.29, 0.717) is 6.41 Å². The van der Waals surface area contributed by atoms with E-state index < -0.39 is 5.66 Å². The molecular formula is C13H16BrClN2O2. The summed E-state index contributed by atoms with van der Waals surface area (Å²) in [4.78, 5) is 25.1. The van der Waals surface area contributed by atoms with Crippen LogP contribution in [0.15, 0.2) is 21.3 Å². The normalized spacial score (nSPS) is 25.5. The highest BCUT2D eigenvalue weighted by atomic mass is 79.9. The minimum atomic E-state index is -0.569. The fraction of sp³-hybridized carbons (Fsp3) is 0.538. The number of carbonyl (C=O) groups excluding carboxylic acids is 2. The van der Waals surface area contributed by atoms with Crippen molar-refractivity contribution in [3.05, 3.63) is 21.3 Å². The van der Waals surface area contributed by atoms with Gasteiger partial charge in [0.1, 0.15) is 11.4 Å². The molecule has 2 fully saturated rings. The Kier molecular flexibility index (Phi) is 4.36. The van der Waals surface area contributed by atoms with Crippen LogP contribution in [0.4, 0.5) is 0 Å². The molecule has 1 saturated carbocycles. The molecule has 1 aliphatic heterocycles. The third kappa shape index (κ3) is 2.72. The lowest BCUT2D eigenvalue weighted by molar-refractivity contribution is -0.121. The maximum atomic E-state index is 12.1. The minimum Gasteiger partial charge on any atom is -0.327 e. The Morgan fingerprint density at radius 2 is 2.05 bits per heavy atom. The number of halogens is 2. The Balaban J connectivity index is 2.43. The summed E-state index contributed by atoms with van der Waals surface area (Å²) in [5, 5.41) is 3.22. The van der Waals surface area contributed by atoms with Gasteiger partial charge in [-0.3, -0.25) is 14.5 Å². The third-order valence-electron chi connectivity index (χ3n) is 3.60. The molecule has 0 atom stereocenters. The van der Waals surface area contributed by atoms with Gasteiger partial charge in [0.2, 0.25) is 6.41 Å². The highest BCUT2D eigenvalue weighted by molar-refractivity contribution is 9.11. The summed E-state index contributed by atoms with van der Waals surface area (Å²) in [6.45, 7) is 1.82. The van der Waals surface area contributed by atoms with Crippen molar-refractivity contribution in [3.8, 4) is 0 Å². The van der Waals surface area contributed by atoms with Crippen molar-refractivity contribution in [2.45, 2.75) is 44.7 Å². The highest BCUT2D eigenvalue weighted by Crippen LogP contribution is 2.38. The molecule has 19 heavy (non-hydrogen) atoms. The first-order chi connectivity index (χ1) is 9.00. The monoisotopic (exact) mass is 346 g/mol.